The Morgan fingerprint density at radius 3 is 2.35 bits per heavy atom. The van der Waals surface area contributed by atoms with Gasteiger partial charge in [0, 0.05) is 5.56 Å². The summed E-state index contributed by atoms with van der Waals surface area (Å²) in [5, 5.41) is 9.67. The van der Waals surface area contributed by atoms with Gasteiger partial charge in [-0.1, -0.05) is 24.3 Å². The van der Waals surface area contributed by atoms with Crippen LogP contribution in [0.3, 0.4) is 0 Å². The van der Waals surface area contributed by atoms with Crippen molar-refractivity contribution in [3.05, 3.63) is 35.4 Å². The summed E-state index contributed by atoms with van der Waals surface area (Å²) in [5.74, 6) is 0. The number of ether oxygens (including phenoxy) is 1. The van der Waals surface area contributed by atoms with Crippen molar-refractivity contribution in [2.24, 2.45) is 0 Å². The van der Waals surface area contributed by atoms with Gasteiger partial charge in [0.05, 0.1) is 5.60 Å². The third-order valence-corrected chi connectivity index (χ3v) is 3.75. The van der Waals surface area contributed by atoms with Crippen LogP contribution >= 0.6 is 12.4 Å². The SMILES string of the molecule is CN(C)CCCC1(C#N)OC(C)(C)c2ccccc21.Cl. The van der Waals surface area contributed by atoms with Gasteiger partial charge in [0.15, 0.2) is 5.60 Å². The van der Waals surface area contributed by atoms with Crippen LogP contribution in [-0.4, -0.2) is 25.5 Å². The van der Waals surface area contributed by atoms with Crippen LogP contribution in [0.1, 0.15) is 37.8 Å². The fourth-order valence-electron chi connectivity index (χ4n) is 2.87. The number of hydrogen-bond acceptors (Lipinski definition) is 3. The Hall–Kier alpha value is -1.08. The Morgan fingerprint density at radius 1 is 1.20 bits per heavy atom. The predicted molar refractivity (Wildman–Crippen MR) is 82.9 cm³/mol. The molecule has 0 aromatic heterocycles. The molecule has 1 aliphatic heterocycles. The fourth-order valence-corrected chi connectivity index (χ4v) is 2.87. The summed E-state index contributed by atoms with van der Waals surface area (Å²) >= 11 is 0. The zero-order valence-electron chi connectivity index (χ0n) is 12.6. The molecule has 0 saturated carbocycles. The van der Waals surface area contributed by atoms with Crippen LogP contribution < -0.4 is 0 Å². The summed E-state index contributed by atoms with van der Waals surface area (Å²) in [6.45, 7) is 5.04. The van der Waals surface area contributed by atoms with Gasteiger partial charge in [-0.05, 0) is 52.9 Å². The van der Waals surface area contributed by atoms with Gasteiger partial charge in [-0.25, -0.2) is 0 Å². The van der Waals surface area contributed by atoms with Crippen molar-refractivity contribution in [3.63, 3.8) is 0 Å². The first kappa shape index (κ1) is 17.0. The number of rotatable bonds is 4. The van der Waals surface area contributed by atoms with Crippen molar-refractivity contribution in [2.45, 2.75) is 37.9 Å². The van der Waals surface area contributed by atoms with Gasteiger partial charge in [-0.3, -0.25) is 0 Å². The molecule has 3 nitrogen and oxygen atoms in total. The Bertz CT molecular complexity index is 507. The van der Waals surface area contributed by atoms with E-state index in [4.69, 9.17) is 4.74 Å². The molecule has 0 bridgehead atoms. The second kappa shape index (κ2) is 6.13. The number of hydrogen-bond donors (Lipinski definition) is 0. The molecule has 1 aromatic carbocycles. The first-order valence-electron chi connectivity index (χ1n) is 6.77. The molecule has 1 atom stereocenters. The highest BCUT2D eigenvalue weighted by atomic mass is 35.5. The quantitative estimate of drug-likeness (QED) is 0.853. The summed E-state index contributed by atoms with van der Waals surface area (Å²) in [4.78, 5) is 2.14. The zero-order chi connectivity index (χ0) is 14.1. The van der Waals surface area contributed by atoms with Gasteiger partial charge in [0.2, 0.25) is 0 Å². The molecular formula is C16H23ClN2O. The predicted octanol–water partition coefficient (Wildman–Crippen LogP) is 3.43. The van der Waals surface area contributed by atoms with Crippen LogP contribution in [0.25, 0.3) is 0 Å². The monoisotopic (exact) mass is 294 g/mol. The maximum atomic E-state index is 9.67. The van der Waals surface area contributed by atoms with Crippen molar-refractivity contribution in [3.8, 4) is 6.07 Å². The molecule has 1 heterocycles. The van der Waals surface area contributed by atoms with E-state index in [0.29, 0.717) is 0 Å². The minimum Gasteiger partial charge on any atom is -0.345 e. The van der Waals surface area contributed by atoms with Gasteiger partial charge in [-0.2, -0.15) is 5.26 Å². The molecule has 110 valence electrons. The molecule has 0 N–H and O–H groups in total. The maximum absolute atomic E-state index is 9.67. The summed E-state index contributed by atoms with van der Waals surface area (Å²) < 4.78 is 6.16. The molecule has 0 saturated heterocycles. The standard InChI is InChI=1S/C16H22N2O.ClH/c1-15(2)13-8-5-6-9-14(13)16(12-17,19-15)10-7-11-18(3)4;/h5-6,8-9H,7,10-11H2,1-4H3;1H. The fraction of sp³-hybridized carbons (Fsp3) is 0.562. The summed E-state index contributed by atoms with van der Waals surface area (Å²) in [5.41, 5.74) is 1.02. The number of nitrogens with zero attached hydrogens (tertiary/aromatic N) is 2. The molecule has 0 amide bonds. The number of fused-ring (bicyclic) bond motifs is 1. The molecule has 0 radical (unpaired) electrons. The average molecular weight is 295 g/mol. The molecule has 4 heteroatoms. The highest BCUT2D eigenvalue weighted by Crippen LogP contribution is 2.48. The highest BCUT2D eigenvalue weighted by molar-refractivity contribution is 5.85. The van der Waals surface area contributed by atoms with E-state index in [1.165, 1.54) is 0 Å². The Morgan fingerprint density at radius 2 is 1.80 bits per heavy atom. The van der Waals surface area contributed by atoms with Crippen molar-refractivity contribution < 1.29 is 4.74 Å². The number of halogens is 1. The minimum absolute atomic E-state index is 0. The third-order valence-electron chi connectivity index (χ3n) is 3.75. The highest BCUT2D eigenvalue weighted by Gasteiger charge is 2.48. The lowest BCUT2D eigenvalue weighted by molar-refractivity contribution is -0.0984. The molecule has 1 aromatic rings. The van der Waals surface area contributed by atoms with E-state index in [1.54, 1.807) is 0 Å². The summed E-state index contributed by atoms with van der Waals surface area (Å²) in [6.07, 6.45) is 1.69. The summed E-state index contributed by atoms with van der Waals surface area (Å²) in [6, 6.07) is 10.5. The van der Waals surface area contributed by atoms with E-state index in [9.17, 15) is 5.26 Å². The first-order chi connectivity index (χ1) is 8.91. The summed E-state index contributed by atoms with van der Waals surface area (Å²) in [7, 11) is 4.10. The Labute approximate surface area is 127 Å². The van der Waals surface area contributed by atoms with Gasteiger partial charge >= 0.3 is 0 Å². The minimum atomic E-state index is -0.782. The molecule has 20 heavy (non-hydrogen) atoms. The van der Waals surface area contributed by atoms with Crippen molar-refractivity contribution in [2.75, 3.05) is 20.6 Å². The lowest BCUT2D eigenvalue weighted by Crippen LogP contribution is -2.29. The Kier molecular flexibility index (Phi) is 5.21. The second-order valence-corrected chi connectivity index (χ2v) is 6.00. The molecule has 0 spiro atoms. The van der Waals surface area contributed by atoms with Crippen LogP contribution in [0, 0.1) is 11.3 Å². The van der Waals surface area contributed by atoms with Crippen LogP contribution in [0.4, 0.5) is 0 Å². The van der Waals surface area contributed by atoms with Crippen LogP contribution in [0.2, 0.25) is 0 Å². The van der Waals surface area contributed by atoms with E-state index >= 15 is 0 Å². The van der Waals surface area contributed by atoms with E-state index < -0.39 is 5.60 Å². The third kappa shape index (κ3) is 2.98. The average Bonchev–Trinajstić information content (AvgIpc) is 2.59. The molecule has 1 aliphatic rings. The largest absolute Gasteiger partial charge is 0.345 e. The van der Waals surface area contributed by atoms with Crippen molar-refractivity contribution in [1.29, 1.82) is 5.26 Å². The van der Waals surface area contributed by atoms with E-state index in [-0.39, 0.29) is 18.0 Å². The van der Waals surface area contributed by atoms with Crippen molar-refractivity contribution >= 4 is 12.4 Å². The Balaban J connectivity index is 0.00000200. The maximum Gasteiger partial charge on any atom is 0.181 e. The van der Waals surface area contributed by atoms with Crippen molar-refractivity contribution in [1.82, 2.24) is 4.90 Å². The van der Waals surface area contributed by atoms with Gasteiger partial charge < -0.3 is 9.64 Å². The smallest absolute Gasteiger partial charge is 0.181 e. The molecule has 0 fully saturated rings. The van der Waals surface area contributed by atoms with Crippen LogP contribution in [0.15, 0.2) is 24.3 Å². The van der Waals surface area contributed by atoms with Crippen LogP contribution in [0.5, 0.6) is 0 Å². The second-order valence-electron chi connectivity index (χ2n) is 6.00. The number of benzene rings is 1. The van der Waals surface area contributed by atoms with E-state index in [2.05, 4.69) is 17.0 Å². The van der Waals surface area contributed by atoms with E-state index in [1.807, 2.05) is 46.1 Å². The molecule has 0 aliphatic carbocycles. The lowest BCUT2D eigenvalue weighted by atomic mass is 9.87. The lowest BCUT2D eigenvalue weighted by Gasteiger charge is -2.26. The number of nitriles is 1. The van der Waals surface area contributed by atoms with Gasteiger partial charge in [0.1, 0.15) is 6.07 Å². The van der Waals surface area contributed by atoms with Gasteiger partial charge in [-0.15, -0.1) is 12.4 Å². The topological polar surface area (TPSA) is 36.3 Å². The molecular weight excluding hydrogens is 272 g/mol. The van der Waals surface area contributed by atoms with E-state index in [0.717, 1.165) is 30.5 Å². The molecule has 1 unspecified atom stereocenters. The normalized spacial score (nSPS) is 23.0. The molecule has 2 rings (SSSR count). The first-order valence-corrected chi connectivity index (χ1v) is 6.77. The zero-order valence-corrected chi connectivity index (χ0v) is 13.5. The van der Waals surface area contributed by atoms with Crippen LogP contribution in [-0.2, 0) is 15.9 Å². The van der Waals surface area contributed by atoms with Gasteiger partial charge in [0.25, 0.3) is 0 Å².